The number of rotatable bonds is 4. The topological polar surface area (TPSA) is 68.5 Å². The number of fused-ring (bicyclic) bond motifs is 1. The Bertz CT molecular complexity index is 660. The number of aryl methyl sites for hydroxylation is 2. The number of pyridine rings is 1. The van der Waals surface area contributed by atoms with Gasteiger partial charge in [0.05, 0.1) is 24.9 Å². The summed E-state index contributed by atoms with van der Waals surface area (Å²) in [5, 5.41) is 4.07. The van der Waals surface area contributed by atoms with E-state index >= 15 is 0 Å². The van der Waals surface area contributed by atoms with E-state index in [9.17, 15) is 4.79 Å². The third-order valence-corrected chi connectivity index (χ3v) is 3.86. The summed E-state index contributed by atoms with van der Waals surface area (Å²) in [6.45, 7) is 5.04. The molecule has 1 amide bonds. The van der Waals surface area contributed by atoms with Crippen molar-refractivity contribution in [2.45, 2.75) is 33.1 Å². The van der Waals surface area contributed by atoms with Crippen LogP contribution in [0.15, 0.2) is 23.0 Å². The average molecular weight is 301 g/mol. The Morgan fingerprint density at radius 1 is 1.36 bits per heavy atom. The summed E-state index contributed by atoms with van der Waals surface area (Å²) in [6.07, 6.45) is 5.12. The van der Waals surface area contributed by atoms with Crippen molar-refractivity contribution in [2.24, 2.45) is 0 Å². The van der Waals surface area contributed by atoms with Crippen LogP contribution in [0.1, 0.15) is 30.9 Å². The van der Waals surface area contributed by atoms with Crippen LogP contribution in [-0.2, 0) is 24.1 Å². The van der Waals surface area contributed by atoms with E-state index < -0.39 is 0 Å². The van der Waals surface area contributed by atoms with Gasteiger partial charge in [-0.25, -0.2) is 0 Å². The molecule has 0 N–H and O–H groups in total. The standard InChI is InChI=1S/C16H19N3O3/c1-3-12-11(14(4-2)22-18-12)9-16(20)19-7-8-21-15-5-6-17-10-13(15)19/h5-6,10H,3-4,7-9H2,1-2H3. The number of carbonyl (C=O) groups excluding carboxylic acids is 1. The van der Waals surface area contributed by atoms with Crippen molar-refractivity contribution in [2.75, 3.05) is 18.1 Å². The number of hydrogen-bond acceptors (Lipinski definition) is 5. The highest BCUT2D eigenvalue weighted by atomic mass is 16.5. The minimum atomic E-state index is 0.0187. The van der Waals surface area contributed by atoms with Crippen molar-refractivity contribution in [3.63, 3.8) is 0 Å². The summed E-state index contributed by atoms with van der Waals surface area (Å²) in [6, 6.07) is 1.78. The maximum atomic E-state index is 12.7. The van der Waals surface area contributed by atoms with Crippen molar-refractivity contribution in [3.05, 3.63) is 35.5 Å². The molecule has 1 aliphatic rings. The van der Waals surface area contributed by atoms with Gasteiger partial charge in [-0.3, -0.25) is 9.78 Å². The quantitative estimate of drug-likeness (QED) is 0.865. The summed E-state index contributed by atoms with van der Waals surface area (Å²) in [7, 11) is 0. The number of aromatic nitrogens is 2. The van der Waals surface area contributed by atoms with Crippen LogP contribution in [0.4, 0.5) is 5.69 Å². The molecule has 6 heteroatoms. The Morgan fingerprint density at radius 2 is 2.23 bits per heavy atom. The van der Waals surface area contributed by atoms with E-state index in [1.165, 1.54) is 0 Å². The molecule has 0 saturated heterocycles. The Morgan fingerprint density at radius 3 is 3.00 bits per heavy atom. The van der Waals surface area contributed by atoms with E-state index in [0.29, 0.717) is 25.3 Å². The first-order valence-corrected chi connectivity index (χ1v) is 7.58. The second kappa shape index (κ2) is 6.17. The van der Waals surface area contributed by atoms with E-state index in [-0.39, 0.29) is 5.91 Å². The van der Waals surface area contributed by atoms with Crippen LogP contribution >= 0.6 is 0 Å². The van der Waals surface area contributed by atoms with Crippen molar-refractivity contribution in [3.8, 4) is 5.75 Å². The summed E-state index contributed by atoms with van der Waals surface area (Å²) in [5.41, 5.74) is 2.52. The number of anilines is 1. The van der Waals surface area contributed by atoms with Crippen LogP contribution in [0.25, 0.3) is 0 Å². The maximum Gasteiger partial charge on any atom is 0.231 e. The summed E-state index contributed by atoms with van der Waals surface area (Å²) >= 11 is 0. The highest BCUT2D eigenvalue weighted by Crippen LogP contribution is 2.30. The molecule has 1 aliphatic heterocycles. The molecule has 0 aromatic carbocycles. The minimum Gasteiger partial charge on any atom is -0.489 e. The molecule has 0 spiro atoms. The summed E-state index contributed by atoms with van der Waals surface area (Å²) < 4.78 is 10.9. The summed E-state index contributed by atoms with van der Waals surface area (Å²) in [4.78, 5) is 18.6. The monoisotopic (exact) mass is 301 g/mol. The number of hydrogen-bond donors (Lipinski definition) is 0. The zero-order valence-corrected chi connectivity index (χ0v) is 12.8. The van der Waals surface area contributed by atoms with Crippen molar-refractivity contribution < 1.29 is 14.1 Å². The second-order valence-corrected chi connectivity index (χ2v) is 5.15. The van der Waals surface area contributed by atoms with Crippen molar-refractivity contribution in [1.29, 1.82) is 0 Å². The first-order valence-electron chi connectivity index (χ1n) is 7.58. The molecule has 0 radical (unpaired) electrons. The van der Waals surface area contributed by atoms with Gasteiger partial charge in [0, 0.05) is 24.2 Å². The first kappa shape index (κ1) is 14.6. The Balaban J connectivity index is 1.86. The molecule has 3 rings (SSSR count). The van der Waals surface area contributed by atoms with Gasteiger partial charge in [-0.05, 0) is 6.42 Å². The third-order valence-electron chi connectivity index (χ3n) is 3.86. The average Bonchev–Trinajstić information content (AvgIpc) is 2.96. The molecular weight excluding hydrogens is 282 g/mol. The fraction of sp³-hybridized carbons (Fsp3) is 0.438. The van der Waals surface area contributed by atoms with Crippen LogP contribution in [0.2, 0.25) is 0 Å². The summed E-state index contributed by atoms with van der Waals surface area (Å²) in [5.74, 6) is 1.52. The molecule has 6 nitrogen and oxygen atoms in total. The molecule has 0 saturated carbocycles. The van der Waals surface area contributed by atoms with Gasteiger partial charge in [-0.15, -0.1) is 0 Å². The largest absolute Gasteiger partial charge is 0.489 e. The minimum absolute atomic E-state index is 0.0187. The maximum absolute atomic E-state index is 12.7. The van der Waals surface area contributed by atoms with Crippen LogP contribution in [0.5, 0.6) is 5.75 Å². The lowest BCUT2D eigenvalue weighted by atomic mass is 10.1. The van der Waals surface area contributed by atoms with Crippen LogP contribution in [0, 0.1) is 0 Å². The SMILES string of the molecule is CCc1noc(CC)c1CC(=O)N1CCOc2ccncc21. The van der Waals surface area contributed by atoms with E-state index in [1.807, 2.05) is 13.8 Å². The zero-order valence-electron chi connectivity index (χ0n) is 12.8. The lowest BCUT2D eigenvalue weighted by Gasteiger charge is -2.29. The third kappa shape index (κ3) is 2.56. The molecule has 3 heterocycles. The van der Waals surface area contributed by atoms with Gasteiger partial charge in [0.25, 0.3) is 0 Å². The number of amides is 1. The molecule has 22 heavy (non-hydrogen) atoms. The Labute approximate surface area is 129 Å². The Kier molecular flexibility index (Phi) is 4.09. The van der Waals surface area contributed by atoms with Gasteiger partial charge < -0.3 is 14.2 Å². The number of ether oxygens (including phenoxy) is 1. The Hall–Kier alpha value is -2.37. The molecule has 0 fully saturated rings. The van der Waals surface area contributed by atoms with Crippen LogP contribution < -0.4 is 9.64 Å². The molecular formula is C16H19N3O3. The van der Waals surface area contributed by atoms with Crippen molar-refractivity contribution in [1.82, 2.24) is 10.1 Å². The predicted octanol–water partition coefficient (Wildman–Crippen LogP) is 2.16. The van der Waals surface area contributed by atoms with E-state index in [4.69, 9.17) is 9.26 Å². The molecule has 2 aromatic rings. The zero-order chi connectivity index (χ0) is 15.5. The second-order valence-electron chi connectivity index (χ2n) is 5.15. The highest BCUT2D eigenvalue weighted by Gasteiger charge is 2.26. The predicted molar refractivity (Wildman–Crippen MR) is 81.0 cm³/mol. The van der Waals surface area contributed by atoms with E-state index in [0.717, 1.165) is 35.5 Å². The number of carbonyl (C=O) groups is 1. The van der Waals surface area contributed by atoms with Crippen LogP contribution in [0.3, 0.4) is 0 Å². The van der Waals surface area contributed by atoms with E-state index in [2.05, 4.69) is 10.1 Å². The molecule has 0 aliphatic carbocycles. The lowest BCUT2D eigenvalue weighted by molar-refractivity contribution is -0.118. The molecule has 0 atom stereocenters. The fourth-order valence-corrected chi connectivity index (χ4v) is 2.71. The van der Waals surface area contributed by atoms with Crippen LogP contribution in [-0.4, -0.2) is 29.2 Å². The lowest BCUT2D eigenvalue weighted by Crippen LogP contribution is -2.39. The fourth-order valence-electron chi connectivity index (χ4n) is 2.71. The van der Waals surface area contributed by atoms with Gasteiger partial charge in [-0.2, -0.15) is 0 Å². The van der Waals surface area contributed by atoms with Gasteiger partial charge in [0.15, 0.2) is 0 Å². The molecule has 0 unspecified atom stereocenters. The molecule has 116 valence electrons. The smallest absolute Gasteiger partial charge is 0.231 e. The first-order chi connectivity index (χ1) is 10.7. The van der Waals surface area contributed by atoms with Gasteiger partial charge in [0.1, 0.15) is 23.8 Å². The number of nitrogens with zero attached hydrogens (tertiary/aromatic N) is 3. The highest BCUT2D eigenvalue weighted by molar-refractivity contribution is 5.96. The molecule has 0 bridgehead atoms. The van der Waals surface area contributed by atoms with Gasteiger partial charge in [0.2, 0.25) is 5.91 Å². The normalized spacial score (nSPS) is 13.6. The molecule has 2 aromatic heterocycles. The van der Waals surface area contributed by atoms with Gasteiger partial charge in [-0.1, -0.05) is 19.0 Å². The van der Waals surface area contributed by atoms with E-state index in [1.54, 1.807) is 23.4 Å². The van der Waals surface area contributed by atoms with Crippen molar-refractivity contribution >= 4 is 11.6 Å². The van der Waals surface area contributed by atoms with Gasteiger partial charge >= 0.3 is 0 Å².